The van der Waals surface area contributed by atoms with Gasteiger partial charge in [0.15, 0.2) is 0 Å². The quantitative estimate of drug-likeness (QED) is 0.202. The number of carboxylic acid groups (broad SMARTS) is 2. The van der Waals surface area contributed by atoms with Crippen molar-refractivity contribution in [2.45, 2.75) is 95.0 Å². The van der Waals surface area contributed by atoms with Crippen molar-refractivity contribution >= 4 is 41.4 Å². The summed E-state index contributed by atoms with van der Waals surface area (Å²) in [5.74, 6) is -3.47. The number of nitrogens with one attached hydrogen (secondary N) is 2. The van der Waals surface area contributed by atoms with Crippen LogP contribution in [0, 0.1) is 5.92 Å². The maximum absolute atomic E-state index is 13.2. The summed E-state index contributed by atoms with van der Waals surface area (Å²) < 4.78 is 5.20. The number of alkyl carbamates (subject to hydrolysis) is 1. The van der Waals surface area contributed by atoms with Gasteiger partial charge in [0, 0.05) is 23.0 Å². The number of rotatable bonds is 14. The van der Waals surface area contributed by atoms with Crippen LogP contribution in [-0.2, 0) is 30.5 Å². The molecule has 0 spiro atoms. The molecule has 2 aliphatic rings. The van der Waals surface area contributed by atoms with E-state index in [-0.39, 0.29) is 37.8 Å². The number of hydrogen-bond donors (Lipinski definition) is 5. The molecule has 3 amide bonds. The Bertz CT molecular complexity index is 1100. The van der Waals surface area contributed by atoms with Crippen LogP contribution >= 0.6 is 11.6 Å². The Hall–Kier alpha value is -3.38. The minimum Gasteiger partial charge on any atom is -0.480 e. The zero-order chi connectivity index (χ0) is 29.9. The van der Waals surface area contributed by atoms with E-state index in [0.29, 0.717) is 36.4 Å². The summed E-state index contributed by atoms with van der Waals surface area (Å²) in [6, 6.07) is 3.20. The molecule has 0 radical (unpaired) electrons. The molecule has 6 N–H and O–H groups in total. The van der Waals surface area contributed by atoms with Crippen molar-refractivity contribution in [1.29, 1.82) is 0 Å². The molecule has 1 aliphatic carbocycles. The zero-order valence-corrected chi connectivity index (χ0v) is 23.7. The van der Waals surface area contributed by atoms with E-state index in [2.05, 4.69) is 10.6 Å². The van der Waals surface area contributed by atoms with Crippen LogP contribution in [0.15, 0.2) is 24.3 Å². The van der Waals surface area contributed by atoms with Gasteiger partial charge in [-0.15, -0.1) is 0 Å². The maximum Gasteiger partial charge on any atom is 0.408 e. The first-order valence-corrected chi connectivity index (χ1v) is 14.4. The third-order valence-electron chi connectivity index (χ3n) is 7.79. The van der Waals surface area contributed by atoms with Crippen LogP contribution < -0.4 is 16.4 Å². The normalized spacial score (nSPS) is 21.3. The molecular weight excluding hydrogens is 556 g/mol. The van der Waals surface area contributed by atoms with E-state index in [1.807, 2.05) is 0 Å². The number of hydrogen-bond acceptors (Lipinski definition) is 7. The first-order valence-electron chi connectivity index (χ1n) is 14.1. The topological polar surface area (TPSA) is 188 Å². The lowest BCUT2D eigenvalue weighted by Gasteiger charge is -2.33. The average molecular weight is 595 g/mol. The Morgan fingerprint density at radius 1 is 1.02 bits per heavy atom. The van der Waals surface area contributed by atoms with E-state index in [1.165, 1.54) is 4.90 Å². The molecule has 1 aliphatic heterocycles. The second-order valence-corrected chi connectivity index (χ2v) is 11.0. The Kier molecular flexibility index (Phi) is 12.2. The number of ether oxygens (including phenoxy) is 1. The molecule has 1 saturated carbocycles. The number of carboxylic acids is 2. The van der Waals surface area contributed by atoms with Crippen LogP contribution in [0.3, 0.4) is 0 Å². The van der Waals surface area contributed by atoms with E-state index < -0.39 is 48.0 Å². The van der Waals surface area contributed by atoms with Gasteiger partial charge in [0.05, 0.1) is 0 Å². The number of likely N-dealkylation sites (tertiary alicyclic amines) is 1. The summed E-state index contributed by atoms with van der Waals surface area (Å²) in [4.78, 5) is 64.0. The molecule has 12 nitrogen and oxygen atoms in total. The van der Waals surface area contributed by atoms with Gasteiger partial charge in [0.1, 0.15) is 24.7 Å². The van der Waals surface area contributed by atoms with E-state index in [0.717, 1.165) is 25.7 Å². The van der Waals surface area contributed by atoms with E-state index >= 15 is 0 Å². The summed E-state index contributed by atoms with van der Waals surface area (Å²) in [5.41, 5.74) is 6.13. The molecular formula is C28H39ClN4O8. The summed E-state index contributed by atoms with van der Waals surface area (Å²) in [6.07, 6.45) is 3.80. The number of unbranched alkanes of at least 4 members (excludes halogenated alkanes) is 1. The summed E-state index contributed by atoms with van der Waals surface area (Å²) in [5, 5.41) is 24.8. The van der Waals surface area contributed by atoms with Crippen LogP contribution in [0.4, 0.5) is 4.79 Å². The highest BCUT2D eigenvalue weighted by atomic mass is 35.5. The lowest BCUT2D eigenvalue weighted by Crippen LogP contribution is -2.52. The molecule has 0 unspecified atom stereocenters. The maximum atomic E-state index is 13.2. The van der Waals surface area contributed by atoms with Crippen molar-refractivity contribution in [3.8, 4) is 0 Å². The molecule has 0 bridgehead atoms. The lowest BCUT2D eigenvalue weighted by atomic mass is 9.84. The van der Waals surface area contributed by atoms with Gasteiger partial charge in [0.2, 0.25) is 11.8 Å². The van der Waals surface area contributed by atoms with Crippen molar-refractivity contribution in [1.82, 2.24) is 15.5 Å². The monoisotopic (exact) mass is 594 g/mol. The largest absolute Gasteiger partial charge is 0.480 e. The molecule has 13 heteroatoms. The number of amides is 3. The number of nitrogens with zero attached hydrogens (tertiary/aromatic N) is 1. The Morgan fingerprint density at radius 3 is 2.44 bits per heavy atom. The predicted octanol–water partition coefficient (Wildman–Crippen LogP) is 2.66. The first-order chi connectivity index (χ1) is 19.6. The highest BCUT2D eigenvalue weighted by Crippen LogP contribution is 2.40. The van der Waals surface area contributed by atoms with Gasteiger partial charge >= 0.3 is 18.0 Å². The summed E-state index contributed by atoms with van der Waals surface area (Å²) in [7, 11) is 0. The summed E-state index contributed by atoms with van der Waals surface area (Å²) in [6.45, 7) is 0.249. The smallest absolute Gasteiger partial charge is 0.408 e. The molecule has 3 rings (SSSR count). The van der Waals surface area contributed by atoms with Crippen LogP contribution in [-0.4, -0.2) is 75.7 Å². The molecule has 1 aromatic carbocycles. The lowest BCUT2D eigenvalue weighted by molar-refractivity contribution is -0.150. The number of aliphatic carboxylic acids is 2. The van der Waals surface area contributed by atoms with Crippen LogP contribution in [0.25, 0.3) is 0 Å². The number of nitrogens with two attached hydrogens (primary N) is 1. The molecule has 1 aromatic rings. The van der Waals surface area contributed by atoms with Crippen LogP contribution in [0.2, 0.25) is 5.02 Å². The van der Waals surface area contributed by atoms with Crippen LogP contribution in [0.1, 0.15) is 69.8 Å². The van der Waals surface area contributed by atoms with Gasteiger partial charge in [-0.25, -0.2) is 14.4 Å². The Labute approximate surface area is 243 Å². The fraction of sp³-hybridized carbons (Fsp3) is 0.607. The van der Waals surface area contributed by atoms with Crippen molar-refractivity contribution in [3.05, 3.63) is 34.9 Å². The minimum atomic E-state index is -1.42. The van der Waals surface area contributed by atoms with Gasteiger partial charge in [-0.1, -0.05) is 42.6 Å². The van der Waals surface area contributed by atoms with Crippen molar-refractivity contribution < 1.29 is 38.9 Å². The summed E-state index contributed by atoms with van der Waals surface area (Å²) >= 11 is 6.09. The van der Waals surface area contributed by atoms with Crippen molar-refractivity contribution in [2.24, 2.45) is 11.7 Å². The standard InChI is InChI=1S/C28H39ClN4O8/c29-19-9-3-1-8-18(19)16-41-28(40)32-20(10-5-6-14-30)25(35)31-21(26(36)37)12-13-24(34)33-22-11-4-2-7-17(22)15-23(33)27(38)39/h1,3,8-9,17,20-23H,2,4-7,10-16,30H2,(H,31,35)(H,32,40)(H,36,37)(H,38,39)/t17-,20-,21+,22-,23-/m0/s1. The number of halogens is 1. The van der Waals surface area contributed by atoms with E-state index in [9.17, 15) is 34.2 Å². The van der Waals surface area contributed by atoms with Gasteiger partial charge in [0.25, 0.3) is 0 Å². The van der Waals surface area contributed by atoms with Gasteiger partial charge < -0.3 is 36.2 Å². The van der Waals surface area contributed by atoms with Crippen molar-refractivity contribution in [3.63, 3.8) is 0 Å². The first kappa shape index (κ1) is 32.1. The van der Waals surface area contributed by atoms with E-state index in [4.69, 9.17) is 22.1 Å². The molecule has 41 heavy (non-hydrogen) atoms. The zero-order valence-electron chi connectivity index (χ0n) is 22.9. The van der Waals surface area contributed by atoms with Crippen molar-refractivity contribution in [2.75, 3.05) is 6.54 Å². The third-order valence-corrected chi connectivity index (χ3v) is 8.16. The highest BCUT2D eigenvalue weighted by Gasteiger charge is 2.47. The van der Waals surface area contributed by atoms with Gasteiger partial charge in [-0.2, -0.15) is 0 Å². The molecule has 226 valence electrons. The van der Waals surface area contributed by atoms with Crippen LogP contribution in [0.5, 0.6) is 0 Å². The fourth-order valence-corrected chi connectivity index (χ4v) is 5.86. The predicted molar refractivity (Wildman–Crippen MR) is 149 cm³/mol. The molecule has 1 saturated heterocycles. The molecule has 2 fully saturated rings. The number of carbonyl (C=O) groups is 5. The minimum absolute atomic E-state index is 0.127. The Balaban J connectivity index is 1.60. The average Bonchev–Trinajstić information content (AvgIpc) is 3.34. The molecule has 5 atom stereocenters. The Morgan fingerprint density at radius 2 is 1.76 bits per heavy atom. The number of fused-ring (bicyclic) bond motifs is 1. The van der Waals surface area contributed by atoms with Gasteiger partial charge in [-0.05, 0) is 63.5 Å². The second kappa shape index (κ2) is 15.6. The fourth-order valence-electron chi connectivity index (χ4n) is 5.67. The molecule has 0 aromatic heterocycles. The van der Waals surface area contributed by atoms with Gasteiger partial charge in [-0.3, -0.25) is 9.59 Å². The number of carbonyl (C=O) groups excluding carboxylic acids is 3. The third kappa shape index (κ3) is 9.06. The number of benzene rings is 1. The molecule has 1 heterocycles. The highest BCUT2D eigenvalue weighted by molar-refractivity contribution is 6.31. The van der Waals surface area contributed by atoms with E-state index in [1.54, 1.807) is 24.3 Å². The SMILES string of the molecule is NCCCC[C@H](NC(=O)OCc1ccccc1Cl)C(=O)N[C@H](CCC(=O)N1[C@H](C(=O)O)C[C@@H]2CCCC[C@@H]21)C(=O)O. The second-order valence-electron chi connectivity index (χ2n) is 10.6.